The SMILES string of the molecule is CN1CCC[C@]2(CCN(C(=O)Cc3cccc(C(F)(F)F)c3)C2)C1=O. The third-order valence-corrected chi connectivity index (χ3v) is 5.27. The van der Waals surface area contributed by atoms with E-state index in [0.717, 1.165) is 31.5 Å². The Morgan fingerprint density at radius 3 is 2.72 bits per heavy atom. The van der Waals surface area contributed by atoms with Crippen molar-refractivity contribution in [3.05, 3.63) is 35.4 Å². The summed E-state index contributed by atoms with van der Waals surface area (Å²) in [6.07, 6.45) is -2.19. The number of rotatable bonds is 2. The fraction of sp³-hybridized carbons (Fsp3) is 0.556. The van der Waals surface area contributed by atoms with E-state index >= 15 is 0 Å². The molecule has 0 aliphatic carbocycles. The number of hydrogen-bond donors (Lipinski definition) is 0. The second-order valence-electron chi connectivity index (χ2n) is 7.05. The number of carbonyl (C=O) groups excluding carboxylic acids is 2. The minimum Gasteiger partial charge on any atom is -0.345 e. The van der Waals surface area contributed by atoms with Crippen LogP contribution in [0.1, 0.15) is 30.4 Å². The Balaban J connectivity index is 1.68. The monoisotopic (exact) mass is 354 g/mol. The molecule has 2 aliphatic rings. The molecule has 0 bridgehead atoms. The molecule has 136 valence electrons. The summed E-state index contributed by atoms with van der Waals surface area (Å²) in [5.41, 5.74) is -0.913. The Bertz CT molecular complexity index is 689. The number of halogens is 3. The minimum atomic E-state index is -4.42. The molecule has 1 spiro atoms. The van der Waals surface area contributed by atoms with Crippen molar-refractivity contribution in [1.29, 1.82) is 0 Å². The molecule has 7 heteroatoms. The maximum atomic E-state index is 12.8. The van der Waals surface area contributed by atoms with Crippen molar-refractivity contribution in [2.75, 3.05) is 26.7 Å². The molecule has 0 aromatic heterocycles. The summed E-state index contributed by atoms with van der Waals surface area (Å²) in [6, 6.07) is 4.85. The van der Waals surface area contributed by atoms with Crippen LogP contribution in [0.15, 0.2) is 24.3 Å². The van der Waals surface area contributed by atoms with E-state index in [9.17, 15) is 22.8 Å². The second-order valence-corrected chi connectivity index (χ2v) is 7.05. The molecule has 2 aliphatic heterocycles. The fourth-order valence-electron chi connectivity index (χ4n) is 3.88. The smallest absolute Gasteiger partial charge is 0.345 e. The van der Waals surface area contributed by atoms with Gasteiger partial charge in [0.1, 0.15) is 0 Å². The number of nitrogens with zero attached hydrogens (tertiary/aromatic N) is 2. The molecule has 0 unspecified atom stereocenters. The van der Waals surface area contributed by atoms with E-state index in [-0.39, 0.29) is 18.2 Å². The lowest BCUT2D eigenvalue weighted by molar-refractivity contribution is -0.144. The standard InChI is InChI=1S/C18H21F3N2O2/c1-22-8-3-6-17(16(22)25)7-9-23(12-17)15(24)11-13-4-2-5-14(10-13)18(19,20)21/h2,4-5,10H,3,6-9,11-12H2,1H3/t17-/m1/s1. The van der Waals surface area contributed by atoms with Gasteiger partial charge >= 0.3 is 6.18 Å². The van der Waals surface area contributed by atoms with Crippen LogP contribution in [0.3, 0.4) is 0 Å². The van der Waals surface area contributed by atoms with Gasteiger partial charge in [0.05, 0.1) is 17.4 Å². The lowest BCUT2D eigenvalue weighted by atomic mass is 9.78. The highest BCUT2D eigenvalue weighted by Gasteiger charge is 2.48. The van der Waals surface area contributed by atoms with Crippen LogP contribution in [0.5, 0.6) is 0 Å². The molecule has 1 aromatic rings. The zero-order chi connectivity index (χ0) is 18.2. The highest BCUT2D eigenvalue weighted by Crippen LogP contribution is 2.39. The van der Waals surface area contributed by atoms with Gasteiger partial charge in [-0.05, 0) is 30.9 Å². The summed E-state index contributed by atoms with van der Waals surface area (Å²) >= 11 is 0. The van der Waals surface area contributed by atoms with Gasteiger partial charge in [-0.2, -0.15) is 13.2 Å². The third kappa shape index (κ3) is 3.50. The van der Waals surface area contributed by atoms with Gasteiger partial charge in [0.2, 0.25) is 11.8 Å². The normalized spacial score (nSPS) is 24.2. The number of carbonyl (C=O) groups is 2. The van der Waals surface area contributed by atoms with Crippen LogP contribution in [0.4, 0.5) is 13.2 Å². The average molecular weight is 354 g/mol. The number of piperidine rings is 1. The molecular weight excluding hydrogens is 333 g/mol. The highest BCUT2D eigenvalue weighted by molar-refractivity contribution is 5.86. The van der Waals surface area contributed by atoms with Crippen molar-refractivity contribution < 1.29 is 22.8 Å². The number of likely N-dealkylation sites (tertiary alicyclic amines) is 2. The predicted octanol–water partition coefficient (Wildman–Crippen LogP) is 2.72. The molecule has 1 aromatic carbocycles. The van der Waals surface area contributed by atoms with E-state index in [4.69, 9.17) is 0 Å². The first-order valence-corrected chi connectivity index (χ1v) is 8.41. The Kier molecular flexibility index (Phi) is 4.51. The molecule has 25 heavy (non-hydrogen) atoms. The van der Waals surface area contributed by atoms with Gasteiger partial charge in [0, 0.05) is 26.7 Å². The second kappa shape index (κ2) is 6.35. The van der Waals surface area contributed by atoms with Crippen molar-refractivity contribution in [3.8, 4) is 0 Å². The number of alkyl halides is 3. The van der Waals surface area contributed by atoms with Gasteiger partial charge in [-0.25, -0.2) is 0 Å². The molecular formula is C18H21F3N2O2. The molecule has 0 N–H and O–H groups in total. The Morgan fingerprint density at radius 2 is 2.00 bits per heavy atom. The van der Waals surface area contributed by atoms with E-state index in [0.29, 0.717) is 25.1 Å². The number of amides is 2. The fourth-order valence-corrected chi connectivity index (χ4v) is 3.88. The molecule has 2 amide bonds. The summed E-state index contributed by atoms with van der Waals surface area (Å²) < 4.78 is 38.4. The summed E-state index contributed by atoms with van der Waals surface area (Å²) in [6.45, 7) is 1.59. The van der Waals surface area contributed by atoms with E-state index in [2.05, 4.69) is 0 Å². The Hall–Kier alpha value is -2.05. The minimum absolute atomic E-state index is 0.0770. The van der Waals surface area contributed by atoms with Gasteiger partial charge in [0.25, 0.3) is 0 Å². The molecule has 0 saturated carbocycles. The van der Waals surface area contributed by atoms with Gasteiger partial charge in [-0.3, -0.25) is 9.59 Å². The van der Waals surface area contributed by atoms with Crippen molar-refractivity contribution >= 4 is 11.8 Å². The maximum absolute atomic E-state index is 12.8. The van der Waals surface area contributed by atoms with Crippen molar-refractivity contribution in [2.45, 2.75) is 31.9 Å². The first-order valence-electron chi connectivity index (χ1n) is 8.41. The van der Waals surface area contributed by atoms with Crippen LogP contribution in [0, 0.1) is 5.41 Å². The Morgan fingerprint density at radius 1 is 1.24 bits per heavy atom. The van der Waals surface area contributed by atoms with Crippen LogP contribution in [0.25, 0.3) is 0 Å². The summed E-state index contributed by atoms with van der Waals surface area (Å²) in [5, 5.41) is 0. The van der Waals surface area contributed by atoms with Crippen molar-refractivity contribution in [2.24, 2.45) is 5.41 Å². The molecule has 1 atom stereocenters. The van der Waals surface area contributed by atoms with E-state index in [1.807, 2.05) is 0 Å². The molecule has 2 heterocycles. The number of hydrogen-bond acceptors (Lipinski definition) is 2. The lowest BCUT2D eigenvalue weighted by Crippen LogP contribution is -2.48. The molecule has 3 rings (SSSR count). The third-order valence-electron chi connectivity index (χ3n) is 5.27. The molecule has 0 radical (unpaired) electrons. The largest absolute Gasteiger partial charge is 0.416 e. The summed E-state index contributed by atoms with van der Waals surface area (Å²) in [4.78, 5) is 28.3. The molecule has 4 nitrogen and oxygen atoms in total. The summed E-state index contributed by atoms with van der Waals surface area (Å²) in [5.74, 6) is -0.148. The van der Waals surface area contributed by atoms with Crippen molar-refractivity contribution in [1.82, 2.24) is 9.80 Å². The molecule has 2 fully saturated rings. The Labute approximate surface area is 144 Å². The number of benzene rings is 1. The highest BCUT2D eigenvalue weighted by atomic mass is 19.4. The van der Waals surface area contributed by atoms with E-state index < -0.39 is 17.2 Å². The van der Waals surface area contributed by atoms with Crippen LogP contribution < -0.4 is 0 Å². The lowest BCUT2D eigenvalue weighted by Gasteiger charge is -2.37. The van der Waals surface area contributed by atoms with Crippen molar-refractivity contribution in [3.63, 3.8) is 0 Å². The first-order chi connectivity index (χ1) is 11.7. The van der Waals surface area contributed by atoms with Crippen LogP contribution in [0.2, 0.25) is 0 Å². The topological polar surface area (TPSA) is 40.6 Å². The van der Waals surface area contributed by atoms with E-state index in [1.165, 1.54) is 12.1 Å². The molecule has 2 saturated heterocycles. The van der Waals surface area contributed by atoms with Gasteiger partial charge in [-0.15, -0.1) is 0 Å². The van der Waals surface area contributed by atoms with Gasteiger partial charge < -0.3 is 9.80 Å². The summed E-state index contributed by atoms with van der Waals surface area (Å²) in [7, 11) is 1.77. The van der Waals surface area contributed by atoms with Gasteiger partial charge in [0.15, 0.2) is 0 Å². The van der Waals surface area contributed by atoms with E-state index in [1.54, 1.807) is 16.8 Å². The maximum Gasteiger partial charge on any atom is 0.416 e. The quantitative estimate of drug-likeness (QED) is 0.819. The zero-order valence-corrected chi connectivity index (χ0v) is 14.1. The average Bonchev–Trinajstić information content (AvgIpc) is 2.97. The van der Waals surface area contributed by atoms with Crippen LogP contribution in [-0.4, -0.2) is 48.3 Å². The first kappa shape index (κ1) is 17.8. The zero-order valence-electron chi connectivity index (χ0n) is 14.1. The van der Waals surface area contributed by atoms with Crippen LogP contribution in [-0.2, 0) is 22.2 Å². The predicted molar refractivity (Wildman–Crippen MR) is 85.6 cm³/mol. The van der Waals surface area contributed by atoms with Crippen LogP contribution >= 0.6 is 0 Å². The van der Waals surface area contributed by atoms with Gasteiger partial charge in [-0.1, -0.05) is 18.2 Å².